The minimum atomic E-state index is -4.58. The van der Waals surface area contributed by atoms with Crippen LogP contribution in [0.4, 0.5) is 13.2 Å². The van der Waals surface area contributed by atoms with E-state index in [0.29, 0.717) is 16.6 Å². The van der Waals surface area contributed by atoms with Gasteiger partial charge in [-0.2, -0.15) is 13.2 Å². The van der Waals surface area contributed by atoms with E-state index >= 15 is 0 Å². The molecule has 6 rings (SSSR count). The fourth-order valence-corrected chi connectivity index (χ4v) is 5.97. The van der Waals surface area contributed by atoms with E-state index in [1.54, 1.807) is 30.3 Å². The number of pyridine rings is 1. The van der Waals surface area contributed by atoms with Crippen molar-refractivity contribution in [1.29, 1.82) is 0 Å². The highest BCUT2D eigenvalue weighted by Gasteiger charge is 2.33. The van der Waals surface area contributed by atoms with E-state index in [1.807, 2.05) is 0 Å². The monoisotopic (exact) mass is 523 g/mol. The van der Waals surface area contributed by atoms with E-state index in [0.717, 1.165) is 16.1 Å². The first-order chi connectivity index (χ1) is 17.6. The normalized spacial score (nSPS) is 12.6. The molecule has 0 aliphatic rings. The third-order valence-corrected chi connectivity index (χ3v) is 8.05. The minimum Gasteiger partial charge on any atom is -0.422 e. The summed E-state index contributed by atoms with van der Waals surface area (Å²) >= 11 is 0. The molecule has 0 amide bonds. The van der Waals surface area contributed by atoms with Crippen LogP contribution in [0.5, 0.6) is 0 Å². The fourth-order valence-electron chi connectivity index (χ4n) is 4.65. The molecule has 6 aromatic rings. The molecule has 0 unspecified atom stereocenters. The average Bonchev–Trinajstić information content (AvgIpc) is 3.49. The first-order valence-electron chi connectivity index (χ1n) is 11.0. The summed E-state index contributed by atoms with van der Waals surface area (Å²) in [5.41, 5.74) is -0.323. The second-order valence-electron chi connectivity index (χ2n) is 8.50. The molecule has 186 valence electrons. The molecule has 2 aromatic carbocycles. The van der Waals surface area contributed by atoms with Crippen molar-refractivity contribution in [2.45, 2.75) is 18.0 Å². The molecule has 0 aliphatic carbocycles. The summed E-state index contributed by atoms with van der Waals surface area (Å²) in [7, 11) is -3.93. The van der Waals surface area contributed by atoms with E-state index in [1.165, 1.54) is 37.5 Å². The molecule has 0 saturated heterocycles. The Kier molecular flexibility index (Phi) is 4.86. The number of nitrogens with one attached hydrogen (secondary N) is 1. The van der Waals surface area contributed by atoms with Crippen molar-refractivity contribution in [3.05, 3.63) is 94.6 Å². The van der Waals surface area contributed by atoms with Gasteiger partial charge in [0.15, 0.2) is 5.65 Å². The van der Waals surface area contributed by atoms with Crippen molar-refractivity contribution in [2.24, 2.45) is 0 Å². The van der Waals surface area contributed by atoms with Gasteiger partial charge < -0.3 is 9.40 Å². The van der Waals surface area contributed by atoms with Crippen molar-refractivity contribution in [3.8, 4) is 11.3 Å². The second kappa shape index (κ2) is 7.81. The first-order valence-corrected chi connectivity index (χ1v) is 12.4. The summed E-state index contributed by atoms with van der Waals surface area (Å²) in [6.07, 6.45) is -1.77. The Bertz CT molecular complexity index is 2020. The van der Waals surface area contributed by atoms with Crippen molar-refractivity contribution in [3.63, 3.8) is 0 Å². The van der Waals surface area contributed by atoms with Crippen LogP contribution in [0.15, 0.2) is 87.2 Å². The van der Waals surface area contributed by atoms with Gasteiger partial charge in [0.2, 0.25) is 0 Å². The molecule has 1 N–H and O–H groups in total. The molecule has 0 fully saturated rings. The molecule has 0 saturated carbocycles. The first kappa shape index (κ1) is 23.0. The Morgan fingerprint density at radius 3 is 2.49 bits per heavy atom. The maximum atomic E-state index is 13.6. The lowest BCUT2D eigenvalue weighted by molar-refractivity contribution is -0.137. The lowest BCUT2D eigenvalue weighted by atomic mass is 10.0. The van der Waals surface area contributed by atoms with Crippen LogP contribution in [0.2, 0.25) is 0 Å². The summed E-state index contributed by atoms with van der Waals surface area (Å²) in [5.74, 6) is 0. The van der Waals surface area contributed by atoms with Crippen LogP contribution in [0.25, 0.3) is 44.2 Å². The standard InChI is InChI=1S/C26H16F3N3O4S/c1-14-19(26(27,28)29)7-8-21-22(14)23-18(25(33)36-21)13-20(31-23)16-9-11-30-24-17(16)10-12-32(24)37(34,35)15-5-3-2-4-6-15/h2-13,31H,1H3. The fraction of sp³-hybridized carbons (Fsp3) is 0.0769. The van der Waals surface area contributed by atoms with Gasteiger partial charge >= 0.3 is 11.8 Å². The number of aryl methyl sites for hydroxylation is 1. The molecule has 4 heterocycles. The van der Waals surface area contributed by atoms with E-state index in [-0.39, 0.29) is 38.0 Å². The number of nitrogens with zero attached hydrogens (tertiary/aromatic N) is 2. The molecule has 37 heavy (non-hydrogen) atoms. The zero-order chi connectivity index (χ0) is 26.1. The Labute approximate surface area is 206 Å². The Morgan fingerprint density at radius 1 is 1.00 bits per heavy atom. The van der Waals surface area contributed by atoms with Crippen LogP contribution in [-0.4, -0.2) is 22.4 Å². The van der Waals surface area contributed by atoms with Crippen molar-refractivity contribution in [1.82, 2.24) is 13.9 Å². The van der Waals surface area contributed by atoms with Gasteiger partial charge in [0.1, 0.15) is 5.58 Å². The van der Waals surface area contributed by atoms with E-state index < -0.39 is 27.4 Å². The van der Waals surface area contributed by atoms with Crippen molar-refractivity contribution >= 4 is 42.9 Å². The van der Waals surface area contributed by atoms with E-state index in [9.17, 15) is 26.4 Å². The molecule has 0 aliphatic heterocycles. The third kappa shape index (κ3) is 3.45. The Hall–Kier alpha value is -4.38. The third-order valence-electron chi connectivity index (χ3n) is 6.37. The topological polar surface area (TPSA) is 98.0 Å². The predicted molar refractivity (Wildman–Crippen MR) is 132 cm³/mol. The molecular formula is C26H16F3N3O4S. The molecule has 0 bridgehead atoms. The molecule has 0 radical (unpaired) electrons. The van der Waals surface area contributed by atoms with Gasteiger partial charge in [-0.1, -0.05) is 18.2 Å². The van der Waals surface area contributed by atoms with Crippen LogP contribution < -0.4 is 5.63 Å². The van der Waals surface area contributed by atoms with Gasteiger partial charge in [-0.3, -0.25) is 0 Å². The van der Waals surface area contributed by atoms with Crippen molar-refractivity contribution < 1.29 is 26.0 Å². The summed E-state index contributed by atoms with van der Waals surface area (Å²) < 4.78 is 73.5. The van der Waals surface area contributed by atoms with Crippen LogP contribution in [0.1, 0.15) is 11.1 Å². The zero-order valence-corrected chi connectivity index (χ0v) is 19.8. The van der Waals surface area contributed by atoms with Gasteiger partial charge in [-0.15, -0.1) is 0 Å². The number of hydrogen-bond donors (Lipinski definition) is 1. The molecule has 0 atom stereocenters. The summed E-state index contributed by atoms with van der Waals surface area (Å²) in [6, 6.07) is 14.6. The van der Waals surface area contributed by atoms with Gasteiger partial charge in [-0.05, 0) is 55.0 Å². The Morgan fingerprint density at radius 2 is 1.76 bits per heavy atom. The summed E-state index contributed by atoms with van der Waals surface area (Å²) in [6.45, 7) is 1.32. The SMILES string of the molecule is Cc1c(C(F)(F)F)ccc2oc(=O)c3cc(-c4ccnc5c4ccn5S(=O)(=O)c4ccccc4)[nH]c3c12. The summed E-state index contributed by atoms with van der Waals surface area (Å²) in [4.78, 5) is 20.1. The smallest absolute Gasteiger partial charge is 0.416 e. The number of aromatic nitrogens is 3. The van der Waals surface area contributed by atoms with Gasteiger partial charge in [0.05, 0.1) is 21.4 Å². The number of rotatable bonds is 3. The van der Waals surface area contributed by atoms with Crippen LogP contribution in [0, 0.1) is 6.92 Å². The number of aromatic amines is 1. The molecule has 4 aromatic heterocycles. The lowest BCUT2D eigenvalue weighted by Gasteiger charge is -2.12. The highest BCUT2D eigenvalue weighted by atomic mass is 32.2. The van der Waals surface area contributed by atoms with E-state index in [2.05, 4.69) is 9.97 Å². The maximum absolute atomic E-state index is 13.6. The number of halogens is 3. The maximum Gasteiger partial charge on any atom is 0.416 e. The van der Waals surface area contributed by atoms with Crippen LogP contribution in [0.3, 0.4) is 0 Å². The highest BCUT2D eigenvalue weighted by Crippen LogP contribution is 2.38. The van der Waals surface area contributed by atoms with Gasteiger partial charge in [-0.25, -0.2) is 22.2 Å². The number of benzene rings is 2. The molecular weight excluding hydrogens is 507 g/mol. The summed E-state index contributed by atoms with van der Waals surface area (Å²) in [5, 5.41) is 0.686. The van der Waals surface area contributed by atoms with Crippen LogP contribution in [-0.2, 0) is 16.2 Å². The molecule has 11 heteroatoms. The zero-order valence-electron chi connectivity index (χ0n) is 19.0. The number of alkyl halides is 3. The van der Waals surface area contributed by atoms with Crippen molar-refractivity contribution in [2.75, 3.05) is 0 Å². The number of hydrogen-bond acceptors (Lipinski definition) is 5. The van der Waals surface area contributed by atoms with Gasteiger partial charge in [0.25, 0.3) is 10.0 Å². The number of fused-ring (bicyclic) bond motifs is 4. The largest absolute Gasteiger partial charge is 0.422 e. The van der Waals surface area contributed by atoms with E-state index in [4.69, 9.17) is 4.42 Å². The average molecular weight is 523 g/mol. The number of H-pyrrole nitrogens is 1. The quantitative estimate of drug-likeness (QED) is 0.293. The van der Waals surface area contributed by atoms with Gasteiger partial charge in [0, 0.05) is 34.4 Å². The van der Waals surface area contributed by atoms with Crippen LogP contribution >= 0.6 is 0 Å². The highest BCUT2D eigenvalue weighted by molar-refractivity contribution is 7.90. The predicted octanol–water partition coefficient (Wildman–Crippen LogP) is 5.86. The molecule has 0 spiro atoms. The lowest BCUT2D eigenvalue weighted by Crippen LogP contribution is -2.12. The minimum absolute atomic E-state index is 0.0244. The second-order valence-corrected chi connectivity index (χ2v) is 10.3. The molecule has 7 nitrogen and oxygen atoms in total. The Balaban J connectivity index is 1.60.